The molecule has 0 N–H and O–H groups in total. The number of benzene rings is 2. The molecule has 0 unspecified atom stereocenters. The van der Waals surface area contributed by atoms with Gasteiger partial charge in [0, 0.05) is 11.6 Å². The van der Waals surface area contributed by atoms with E-state index < -0.39 is 5.97 Å². The average molecular weight is 351 g/mol. The van der Waals surface area contributed by atoms with Gasteiger partial charge in [-0.3, -0.25) is 9.59 Å². The maximum atomic E-state index is 12.6. The van der Waals surface area contributed by atoms with Crippen LogP contribution in [0.1, 0.15) is 19.4 Å². The SMILES string of the molecule is CC(C)Oc1ccc2c(=O)n(CC(=O)OCc3ccccc3)ccc2c1. The lowest BCUT2D eigenvalue weighted by molar-refractivity contribution is -0.145. The summed E-state index contributed by atoms with van der Waals surface area (Å²) < 4.78 is 12.3. The van der Waals surface area contributed by atoms with Crippen molar-refractivity contribution in [2.75, 3.05) is 0 Å². The van der Waals surface area contributed by atoms with Crippen molar-refractivity contribution in [3.63, 3.8) is 0 Å². The molecule has 0 radical (unpaired) electrons. The molecule has 0 saturated carbocycles. The normalized spacial score (nSPS) is 10.9. The van der Waals surface area contributed by atoms with Crippen LogP contribution in [0.4, 0.5) is 0 Å². The van der Waals surface area contributed by atoms with Crippen LogP contribution in [0.2, 0.25) is 0 Å². The molecule has 134 valence electrons. The Bertz CT molecular complexity index is 961. The fraction of sp³-hybridized carbons (Fsp3) is 0.238. The Labute approximate surface area is 151 Å². The van der Waals surface area contributed by atoms with E-state index in [1.54, 1.807) is 24.4 Å². The van der Waals surface area contributed by atoms with E-state index in [1.165, 1.54) is 4.57 Å². The second-order valence-electron chi connectivity index (χ2n) is 6.31. The zero-order valence-corrected chi connectivity index (χ0v) is 14.8. The van der Waals surface area contributed by atoms with Crippen LogP contribution in [0.25, 0.3) is 10.8 Å². The van der Waals surface area contributed by atoms with Crippen molar-refractivity contribution in [3.05, 3.63) is 76.7 Å². The first-order valence-corrected chi connectivity index (χ1v) is 8.52. The Balaban J connectivity index is 1.72. The van der Waals surface area contributed by atoms with E-state index in [0.29, 0.717) is 11.1 Å². The number of rotatable bonds is 6. The van der Waals surface area contributed by atoms with Crippen LogP contribution in [-0.2, 0) is 22.7 Å². The van der Waals surface area contributed by atoms with Gasteiger partial charge in [-0.1, -0.05) is 30.3 Å². The number of carbonyl (C=O) groups excluding carboxylic acids is 1. The number of hydrogen-bond acceptors (Lipinski definition) is 4. The summed E-state index contributed by atoms with van der Waals surface area (Å²) in [6.07, 6.45) is 1.67. The fourth-order valence-corrected chi connectivity index (χ4v) is 2.66. The molecule has 5 nitrogen and oxygen atoms in total. The molecule has 2 aromatic carbocycles. The Hall–Kier alpha value is -3.08. The van der Waals surface area contributed by atoms with Gasteiger partial charge in [-0.05, 0) is 49.1 Å². The number of nitrogens with zero attached hydrogens (tertiary/aromatic N) is 1. The third-order valence-electron chi connectivity index (χ3n) is 3.86. The van der Waals surface area contributed by atoms with Crippen molar-refractivity contribution < 1.29 is 14.3 Å². The lowest BCUT2D eigenvalue weighted by Gasteiger charge is -2.11. The van der Waals surface area contributed by atoms with Gasteiger partial charge in [-0.25, -0.2) is 0 Å². The quantitative estimate of drug-likeness (QED) is 0.638. The van der Waals surface area contributed by atoms with Crippen LogP contribution in [0.3, 0.4) is 0 Å². The van der Waals surface area contributed by atoms with Crippen molar-refractivity contribution in [1.29, 1.82) is 0 Å². The van der Waals surface area contributed by atoms with Crippen LogP contribution < -0.4 is 10.3 Å². The van der Waals surface area contributed by atoms with E-state index in [0.717, 1.165) is 10.9 Å². The van der Waals surface area contributed by atoms with Crippen LogP contribution in [0, 0.1) is 0 Å². The molecule has 0 spiro atoms. The molecule has 0 bridgehead atoms. The molecule has 3 rings (SSSR count). The largest absolute Gasteiger partial charge is 0.491 e. The van der Waals surface area contributed by atoms with Crippen molar-refractivity contribution in [1.82, 2.24) is 4.57 Å². The number of aromatic nitrogens is 1. The molecule has 0 aliphatic heterocycles. The molecule has 0 saturated heterocycles. The molecule has 0 fully saturated rings. The fourth-order valence-electron chi connectivity index (χ4n) is 2.66. The Morgan fingerprint density at radius 3 is 2.58 bits per heavy atom. The monoisotopic (exact) mass is 351 g/mol. The predicted octanol–water partition coefficient (Wildman–Crippen LogP) is 3.53. The highest BCUT2D eigenvalue weighted by atomic mass is 16.5. The number of hydrogen-bond donors (Lipinski definition) is 0. The highest BCUT2D eigenvalue weighted by Gasteiger charge is 2.09. The van der Waals surface area contributed by atoms with Crippen LogP contribution in [0.15, 0.2) is 65.6 Å². The van der Waals surface area contributed by atoms with Crippen LogP contribution >= 0.6 is 0 Å². The van der Waals surface area contributed by atoms with Crippen molar-refractivity contribution in [2.45, 2.75) is 33.1 Å². The number of esters is 1. The van der Waals surface area contributed by atoms with E-state index in [4.69, 9.17) is 9.47 Å². The van der Waals surface area contributed by atoms with E-state index >= 15 is 0 Å². The Morgan fingerprint density at radius 1 is 1.08 bits per heavy atom. The van der Waals surface area contributed by atoms with Crippen molar-refractivity contribution >= 4 is 16.7 Å². The van der Waals surface area contributed by atoms with Gasteiger partial charge in [0.15, 0.2) is 0 Å². The summed E-state index contributed by atoms with van der Waals surface area (Å²) in [5.41, 5.74) is 0.680. The summed E-state index contributed by atoms with van der Waals surface area (Å²) >= 11 is 0. The second kappa shape index (κ2) is 7.87. The molecular weight excluding hydrogens is 330 g/mol. The van der Waals surface area contributed by atoms with Gasteiger partial charge < -0.3 is 14.0 Å². The molecule has 0 amide bonds. The van der Waals surface area contributed by atoms with E-state index in [9.17, 15) is 9.59 Å². The minimum atomic E-state index is -0.449. The van der Waals surface area contributed by atoms with E-state index in [2.05, 4.69) is 0 Å². The molecular formula is C21H21NO4. The number of ether oxygens (including phenoxy) is 2. The predicted molar refractivity (Wildman–Crippen MR) is 100 cm³/mol. The molecule has 1 heterocycles. The zero-order valence-electron chi connectivity index (χ0n) is 14.8. The van der Waals surface area contributed by atoms with Gasteiger partial charge in [0.2, 0.25) is 0 Å². The van der Waals surface area contributed by atoms with Gasteiger partial charge >= 0.3 is 5.97 Å². The number of carbonyl (C=O) groups is 1. The Kier molecular flexibility index (Phi) is 5.37. The van der Waals surface area contributed by atoms with Crippen LogP contribution in [0.5, 0.6) is 5.75 Å². The summed E-state index contributed by atoms with van der Waals surface area (Å²) in [6, 6.07) is 16.5. The molecule has 5 heteroatoms. The van der Waals surface area contributed by atoms with E-state index in [-0.39, 0.29) is 24.8 Å². The van der Waals surface area contributed by atoms with Crippen molar-refractivity contribution in [3.8, 4) is 5.75 Å². The van der Waals surface area contributed by atoms with Crippen LogP contribution in [-0.4, -0.2) is 16.6 Å². The topological polar surface area (TPSA) is 57.5 Å². The molecule has 26 heavy (non-hydrogen) atoms. The lowest BCUT2D eigenvalue weighted by atomic mass is 10.1. The maximum Gasteiger partial charge on any atom is 0.326 e. The highest BCUT2D eigenvalue weighted by Crippen LogP contribution is 2.19. The number of pyridine rings is 1. The first kappa shape index (κ1) is 17.7. The molecule has 0 aliphatic carbocycles. The minimum absolute atomic E-state index is 0.0622. The van der Waals surface area contributed by atoms with Gasteiger partial charge in [0.05, 0.1) is 6.10 Å². The summed E-state index contributed by atoms with van der Waals surface area (Å²) in [7, 11) is 0. The standard InChI is InChI=1S/C21H21NO4/c1-15(2)26-18-8-9-19-17(12-18)10-11-22(21(19)24)13-20(23)25-14-16-6-4-3-5-7-16/h3-12,15H,13-14H2,1-2H3. The third kappa shape index (κ3) is 4.30. The third-order valence-corrected chi connectivity index (χ3v) is 3.86. The molecule has 3 aromatic rings. The first-order chi connectivity index (χ1) is 12.5. The molecule has 1 aromatic heterocycles. The van der Waals surface area contributed by atoms with Gasteiger partial charge in [-0.2, -0.15) is 0 Å². The summed E-state index contributed by atoms with van der Waals surface area (Å²) in [4.78, 5) is 24.6. The smallest absolute Gasteiger partial charge is 0.326 e. The first-order valence-electron chi connectivity index (χ1n) is 8.52. The van der Waals surface area contributed by atoms with Gasteiger partial charge in [0.25, 0.3) is 5.56 Å². The van der Waals surface area contributed by atoms with Crippen molar-refractivity contribution in [2.24, 2.45) is 0 Å². The summed E-state index contributed by atoms with van der Waals surface area (Å²) in [5, 5.41) is 1.32. The highest BCUT2D eigenvalue weighted by molar-refractivity contribution is 5.83. The lowest BCUT2D eigenvalue weighted by Crippen LogP contribution is -2.24. The molecule has 0 aliphatic rings. The molecule has 0 atom stereocenters. The maximum absolute atomic E-state index is 12.6. The Morgan fingerprint density at radius 2 is 1.85 bits per heavy atom. The number of fused-ring (bicyclic) bond motifs is 1. The van der Waals surface area contributed by atoms with E-state index in [1.807, 2.05) is 50.2 Å². The second-order valence-corrected chi connectivity index (χ2v) is 6.31. The zero-order chi connectivity index (χ0) is 18.5. The van der Waals surface area contributed by atoms with Gasteiger partial charge in [0.1, 0.15) is 18.9 Å². The van der Waals surface area contributed by atoms with Gasteiger partial charge in [-0.15, -0.1) is 0 Å². The average Bonchev–Trinajstić information content (AvgIpc) is 2.63. The summed E-state index contributed by atoms with van der Waals surface area (Å²) in [5.74, 6) is 0.266. The summed E-state index contributed by atoms with van der Waals surface area (Å²) in [6.45, 7) is 3.97. The minimum Gasteiger partial charge on any atom is -0.491 e.